The van der Waals surface area contributed by atoms with Gasteiger partial charge < -0.3 is 0 Å². The minimum Gasteiger partial charge on any atom is -0.206 e. The van der Waals surface area contributed by atoms with Crippen LogP contribution in [-0.2, 0) is 0 Å². The van der Waals surface area contributed by atoms with E-state index in [-0.39, 0.29) is 0 Å². The molecule has 0 aromatic heterocycles. The zero-order chi connectivity index (χ0) is 8.15. The first-order valence-electron chi connectivity index (χ1n) is 2.94. The Kier molecular flexibility index (Phi) is 5.00. The molecule has 0 aliphatic carbocycles. The summed E-state index contributed by atoms with van der Waals surface area (Å²) in [4.78, 5) is 0. The van der Waals surface area contributed by atoms with E-state index in [0.717, 1.165) is 0 Å². The summed E-state index contributed by atoms with van der Waals surface area (Å²) < 4.78 is 24.2. The highest BCUT2D eigenvalue weighted by atomic mass is 35.5. The van der Waals surface area contributed by atoms with Crippen LogP contribution in [0.25, 0.3) is 0 Å². The largest absolute Gasteiger partial charge is 0.222 e. The second kappa shape index (κ2) is 4.91. The molecule has 0 N–H and O–H groups in total. The lowest BCUT2D eigenvalue weighted by atomic mass is 10.2. The molecule has 0 aliphatic rings. The zero-order valence-electron chi connectivity index (χ0n) is 5.50. The van der Waals surface area contributed by atoms with Gasteiger partial charge in [-0.1, -0.05) is 13.3 Å². The third kappa shape index (κ3) is 3.37. The van der Waals surface area contributed by atoms with Crippen molar-refractivity contribution in [3.05, 3.63) is 11.1 Å². The highest BCUT2D eigenvalue weighted by molar-refractivity contribution is 6.30. The summed E-state index contributed by atoms with van der Waals surface area (Å²) in [5.74, 6) is -1.06. The fourth-order valence-corrected chi connectivity index (χ4v) is 1.00. The van der Waals surface area contributed by atoms with Crippen LogP contribution >= 0.6 is 23.2 Å². The van der Waals surface area contributed by atoms with Crippen LogP contribution in [0.4, 0.5) is 8.78 Å². The van der Waals surface area contributed by atoms with E-state index in [9.17, 15) is 8.78 Å². The van der Waals surface area contributed by atoms with Crippen LogP contribution < -0.4 is 0 Å². The topological polar surface area (TPSA) is 0 Å². The van der Waals surface area contributed by atoms with Gasteiger partial charge in [-0.3, -0.25) is 0 Å². The van der Waals surface area contributed by atoms with Crippen molar-refractivity contribution in [2.24, 2.45) is 0 Å². The quantitative estimate of drug-likeness (QED) is 0.593. The third-order valence-corrected chi connectivity index (χ3v) is 1.59. The molecule has 0 nitrogen and oxygen atoms in total. The maximum Gasteiger partial charge on any atom is 0.222 e. The molecule has 0 aliphatic heterocycles. The molecule has 0 bridgehead atoms. The van der Waals surface area contributed by atoms with Crippen LogP contribution in [-0.4, -0.2) is 5.38 Å². The van der Waals surface area contributed by atoms with Gasteiger partial charge in [0.2, 0.25) is 5.29 Å². The number of allylic oxidation sites excluding steroid dienone is 1. The number of hydrogen-bond acceptors (Lipinski definition) is 0. The lowest BCUT2D eigenvalue weighted by molar-refractivity contribution is 0.527. The smallest absolute Gasteiger partial charge is 0.206 e. The van der Waals surface area contributed by atoms with Gasteiger partial charge in [0.25, 0.3) is 0 Å². The minimum atomic E-state index is -1.34. The summed E-state index contributed by atoms with van der Waals surface area (Å²) in [6.07, 6.45) is 1.10. The number of halogens is 4. The molecule has 4 heteroatoms. The van der Waals surface area contributed by atoms with E-state index >= 15 is 0 Å². The van der Waals surface area contributed by atoms with Gasteiger partial charge in [0.1, 0.15) is 0 Å². The normalized spacial score (nSPS) is 16.5. The van der Waals surface area contributed by atoms with E-state index in [4.69, 9.17) is 23.2 Å². The van der Waals surface area contributed by atoms with Gasteiger partial charge in [-0.25, -0.2) is 4.39 Å². The van der Waals surface area contributed by atoms with Gasteiger partial charge in [0, 0.05) is 0 Å². The maximum atomic E-state index is 12.3. The minimum absolute atomic E-state index is 0.396. The Balaban J connectivity index is 3.94. The summed E-state index contributed by atoms with van der Waals surface area (Å²) in [5.41, 5.74) is 0. The molecular formula is C6H8Cl2F2. The molecule has 0 radical (unpaired) electrons. The molecule has 0 spiro atoms. The van der Waals surface area contributed by atoms with Crippen LogP contribution in [0.15, 0.2) is 11.1 Å². The Labute approximate surface area is 68.8 Å². The van der Waals surface area contributed by atoms with Crippen molar-refractivity contribution >= 4 is 23.2 Å². The Hall–Kier alpha value is 0.180. The first-order valence-corrected chi connectivity index (χ1v) is 3.75. The van der Waals surface area contributed by atoms with E-state index in [1.807, 2.05) is 6.92 Å². The molecule has 0 amide bonds. The fraction of sp³-hybridized carbons (Fsp3) is 0.667. The molecule has 60 valence electrons. The lowest BCUT2D eigenvalue weighted by Crippen LogP contribution is -1.98. The average Bonchev–Trinajstić information content (AvgIpc) is 1.87. The predicted octanol–water partition coefficient (Wildman–Crippen LogP) is 3.74. The molecule has 0 saturated heterocycles. The van der Waals surface area contributed by atoms with Gasteiger partial charge >= 0.3 is 0 Å². The fourth-order valence-electron chi connectivity index (χ4n) is 0.499. The summed E-state index contributed by atoms with van der Waals surface area (Å²) in [6.45, 7) is 1.83. The zero-order valence-corrected chi connectivity index (χ0v) is 7.02. The number of rotatable bonds is 3. The average molecular weight is 189 g/mol. The summed E-state index contributed by atoms with van der Waals surface area (Å²) in [7, 11) is 0. The summed E-state index contributed by atoms with van der Waals surface area (Å²) in [6, 6.07) is 0. The lowest BCUT2D eigenvalue weighted by Gasteiger charge is -2.02. The standard InChI is InChI=1S/C6H8Cl2F2/c1-2-3-4(7)5(9)6(8)10/h4H,2-3H2,1H3/b6-5+. The van der Waals surface area contributed by atoms with Crippen LogP contribution in [0.2, 0.25) is 0 Å². The molecule has 10 heavy (non-hydrogen) atoms. The Morgan fingerprint density at radius 1 is 1.50 bits per heavy atom. The van der Waals surface area contributed by atoms with E-state index in [1.54, 1.807) is 0 Å². The van der Waals surface area contributed by atoms with Crippen LogP contribution in [0.1, 0.15) is 19.8 Å². The highest BCUT2D eigenvalue weighted by Crippen LogP contribution is 2.23. The Bertz CT molecular complexity index is 130. The second-order valence-electron chi connectivity index (χ2n) is 1.86. The monoisotopic (exact) mass is 188 g/mol. The molecule has 1 atom stereocenters. The second-order valence-corrected chi connectivity index (χ2v) is 2.72. The Morgan fingerprint density at radius 3 is 2.30 bits per heavy atom. The van der Waals surface area contributed by atoms with Crippen LogP contribution in [0.3, 0.4) is 0 Å². The number of hydrogen-bond donors (Lipinski definition) is 0. The molecule has 1 unspecified atom stereocenters. The summed E-state index contributed by atoms with van der Waals surface area (Å²) in [5, 5.41) is -2.25. The van der Waals surface area contributed by atoms with Crippen molar-refractivity contribution in [3.8, 4) is 0 Å². The van der Waals surface area contributed by atoms with E-state index in [1.165, 1.54) is 0 Å². The Morgan fingerprint density at radius 2 is 2.00 bits per heavy atom. The van der Waals surface area contributed by atoms with Crippen molar-refractivity contribution in [2.45, 2.75) is 25.1 Å². The van der Waals surface area contributed by atoms with Crippen molar-refractivity contribution in [1.82, 2.24) is 0 Å². The van der Waals surface area contributed by atoms with Gasteiger partial charge in [-0.2, -0.15) is 4.39 Å². The van der Waals surface area contributed by atoms with Gasteiger partial charge in [0.15, 0.2) is 5.83 Å². The van der Waals surface area contributed by atoms with Gasteiger partial charge in [0.05, 0.1) is 5.38 Å². The first-order chi connectivity index (χ1) is 4.59. The van der Waals surface area contributed by atoms with Crippen LogP contribution in [0, 0.1) is 0 Å². The van der Waals surface area contributed by atoms with Gasteiger partial charge in [-0.15, -0.1) is 11.6 Å². The summed E-state index contributed by atoms with van der Waals surface area (Å²) >= 11 is 10.1. The molecule has 0 rings (SSSR count). The molecule has 0 fully saturated rings. The maximum absolute atomic E-state index is 12.3. The third-order valence-electron chi connectivity index (χ3n) is 0.998. The SMILES string of the molecule is CCCC(Cl)/C(F)=C(\F)Cl. The van der Waals surface area contributed by atoms with Crippen molar-refractivity contribution in [2.75, 3.05) is 0 Å². The van der Waals surface area contributed by atoms with Gasteiger partial charge in [-0.05, 0) is 18.0 Å². The van der Waals surface area contributed by atoms with Crippen LogP contribution in [0.5, 0.6) is 0 Å². The highest BCUT2D eigenvalue weighted by Gasteiger charge is 2.13. The van der Waals surface area contributed by atoms with E-state index in [2.05, 4.69) is 0 Å². The van der Waals surface area contributed by atoms with Crippen molar-refractivity contribution in [1.29, 1.82) is 0 Å². The molecule has 0 heterocycles. The number of alkyl halides is 1. The van der Waals surface area contributed by atoms with E-state index < -0.39 is 16.5 Å². The van der Waals surface area contributed by atoms with E-state index in [0.29, 0.717) is 12.8 Å². The molecular weight excluding hydrogens is 181 g/mol. The van der Waals surface area contributed by atoms with Crippen molar-refractivity contribution in [3.63, 3.8) is 0 Å². The predicted molar refractivity (Wildman–Crippen MR) is 39.6 cm³/mol. The molecule has 0 aromatic carbocycles. The molecule has 0 aromatic rings. The first kappa shape index (κ1) is 10.2. The van der Waals surface area contributed by atoms with Crippen molar-refractivity contribution < 1.29 is 8.78 Å². The molecule has 0 saturated carbocycles.